The van der Waals surface area contributed by atoms with E-state index in [1.807, 2.05) is 6.92 Å². The summed E-state index contributed by atoms with van der Waals surface area (Å²) in [5.41, 5.74) is -0.723. The van der Waals surface area contributed by atoms with Gasteiger partial charge in [0.05, 0.1) is 31.3 Å². The summed E-state index contributed by atoms with van der Waals surface area (Å²) in [6.45, 7) is 2.03. The van der Waals surface area contributed by atoms with Gasteiger partial charge in [0.1, 0.15) is 17.1 Å². The molecule has 0 saturated carbocycles. The Kier molecular flexibility index (Phi) is 5.25. The summed E-state index contributed by atoms with van der Waals surface area (Å²) < 4.78 is 11.4. The molecule has 2 aromatic heterocycles. The Morgan fingerprint density at radius 2 is 2.00 bits per heavy atom. The molecule has 3 aromatic rings. The number of aliphatic imine (C=N–C) groups is 1. The molecular formula is C19H19N3O5. The molecule has 0 radical (unpaired) electrons. The lowest BCUT2D eigenvalue weighted by atomic mass is 10.1. The number of aromatic amines is 1. The van der Waals surface area contributed by atoms with Gasteiger partial charge in [-0.05, 0) is 42.8 Å². The third-order valence-corrected chi connectivity index (χ3v) is 4.05. The average molecular weight is 369 g/mol. The van der Waals surface area contributed by atoms with Crippen molar-refractivity contribution < 1.29 is 14.3 Å². The molecule has 0 aliphatic carbocycles. The van der Waals surface area contributed by atoms with Crippen LogP contribution in [0.3, 0.4) is 0 Å². The van der Waals surface area contributed by atoms with Crippen molar-refractivity contribution in [2.45, 2.75) is 19.9 Å². The van der Waals surface area contributed by atoms with Crippen molar-refractivity contribution in [1.29, 1.82) is 0 Å². The zero-order valence-electron chi connectivity index (χ0n) is 14.9. The average Bonchev–Trinajstić information content (AvgIpc) is 3.18. The predicted octanol–water partition coefficient (Wildman–Crippen LogP) is 2.23. The first-order chi connectivity index (χ1) is 13.0. The van der Waals surface area contributed by atoms with Crippen LogP contribution in [0.5, 0.6) is 11.6 Å². The maximum absolute atomic E-state index is 12.4. The maximum Gasteiger partial charge on any atom is 0.335 e. The topological polar surface area (TPSA) is 110 Å². The second-order valence-electron chi connectivity index (χ2n) is 5.69. The summed E-state index contributed by atoms with van der Waals surface area (Å²) >= 11 is 0. The van der Waals surface area contributed by atoms with E-state index in [0.717, 1.165) is 4.57 Å². The van der Waals surface area contributed by atoms with Gasteiger partial charge in [-0.3, -0.25) is 14.8 Å². The van der Waals surface area contributed by atoms with Crippen molar-refractivity contribution in [3.63, 3.8) is 0 Å². The number of methoxy groups -OCH3 is 1. The Morgan fingerprint density at radius 1 is 1.26 bits per heavy atom. The second kappa shape index (κ2) is 7.77. The van der Waals surface area contributed by atoms with Crippen LogP contribution in [0.25, 0.3) is 5.69 Å². The van der Waals surface area contributed by atoms with Crippen molar-refractivity contribution >= 4 is 5.71 Å². The van der Waals surface area contributed by atoms with Crippen LogP contribution < -0.4 is 16.0 Å². The van der Waals surface area contributed by atoms with Crippen molar-refractivity contribution in [2.24, 2.45) is 4.99 Å². The molecule has 0 amide bonds. The van der Waals surface area contributed by atoms with Crippen LogP contribution in [-0.4, -0.2) is 27.5 Å². The van der Waals surface area contributed by atoms with Crippen LogP contribution in [-0.2, 0) is 6.54 Å². The molecule has 0 saturated heterocycles. The van der Waals surface area contributed by atoms with Gasteiger partial charge in [0, 0.05) is 0 Å². The molecule has 2 heterocycles. The lowest BCUT2D eigenvalue weighted by Gasteiger charge is -2.12. The monoisotopic (exact) mass is 369 g/mol. The molecule has 0 unspecified atom stereocenters. The van der Waals surface area contributed by atoms with Crippen molar-refractivity contribution in [2.75, 3.05) is 7.11 Å². The smallest absolute Gasteiger partial charge is 0.335 e. The molecule has 8 nitrogen and oxygen atoms in total. The number of nitrogens with zero attached hydrogens (tertiary/aromatic N) is 2. The standard InChI is InChI=1S/C19H19N3O5/c1-3-15(20-11-14-5-4-10-27-14)16-17(23)21-19(25)22(18(16)24)12-6-8-13(26-2)9-7-12/h4-10,24H,3,11H2,1-2H3,(H,21,23,25). The molecule has 27 heavy (non-hydrogen) atoms. The van der Waals surface area contributed by atoms with Crippen molar-refractivity contribution in [3.05, 3.63) is 74.8 Å². The molecule has 0 aliphatic heterocycles. The first-order valence-electron chi connectivity index (χ1n) is 8.34. The molecule has 0 aliphatic rings. The molecule has 1 aromatic carbocycles. The van der Waals surface area contributed by atoms with Gasteiger partial charge >= 0.3 is 5.69 Å². The summed E-state index contributed by atoms with van der Waals surface area (Å²) in [4.78, 5) is 31.3. The van der Waals surface area contributed by atoms with Crippen LogP contribution in [0, 0.1) is 0 Å². The highest BCUT2D eigenvalue weighted by Gasteiger charge is 2.19. The molecular weight excluding hydrogens is 350 g/mol. The van der Waals surface area contributed by atoms with E-state index >= 15 is 0 Å². The minimum atomic E-state index is -0.743. The van der Waals surface area contributed by atoms with Crippen molar-refractivity contribution in [3.8, 4) is 17.3 Å². The Hall–Kier alpha value is -3.55. The van der Waals surface area contributed by atoms with Crippen LogP contribution in [0.15, 0.2) is 61.7 Å². The summed E-state index contributed by atoms with van der Waals surface area (Å²) in [5, 5.41) is 10.7. The largest absolute Gasteiger partial charge is 0.497 e. The van der Waals surface area contributed by atoms with E-state index in [1.54, 1.807) is 36.4 Å². The number of hydrogen-bond donors (Lipinski definition) is 2. The van der Waals surface area contributed by atoms with Crippen LogP contribution in [0.1, 0.15) is 24.7 Å². The normalized spacial score (nSPS) is 11.6. The van der Waals surface area contributed by atoms with E-state index in [0.29, 0.717) is 29.3 Å². The van der Waals surface area contributed by atoms with Gasteiger partial charge in [-0.25, -0.2) is 9.36 Å². The number of hydrogen-bond acceptors (Lipinski definition) is 6. The Bertz CT molecular complexity index is 1060. The highest BCUT2D eigenvalue weighted by Crippen LogP contribution is 2.20. The highest BCUT2D eigenvalue weighted by molar-refractivity contribution is 6.02. The van der Waals surface area contributed by atoms with Crippen LogP contribution in [0.4, 0.5) is 0 Å². The molecule has 0 spiro atoms. The fraction of sp³-hybridized carbons (Fsp3) is 0.211. The first kappa shape index (κ1) is 18.2. The third kappa shape index (κ3) is 3.69. The Labute approximate surface area is 154 Å². The Balaban J connectivity index is 2.11. The van der Waals surface area contributed by atoms with Gasteiger partial charge in [-0.15, -0.1) is 0 Å². The zero-order chi connectivity index (χ0) is 19.4. The maximum atomic E-state index is 12.4. The second-order valence-corrected chi connectivity index (χ2v) is 5.69. The third-order valence-electron chi connectivity index (χ3n) is 4.05. The fourth-order valence-corrected chi connectivity index (χ4v) is 2.70. The van der Waals surface area contributed by atoms with Gasteiger partial charge in [0.2, 0.25) is 5.88 Å². The lowest BCUT2D eigenvalue weighted by molar-refractivity contribution is 0.414. The van der Waals surface area contributed by atoms with E-state index in [2.05, 4.69) is 9.98 Å². The van der Waals surface area contributed by atoms with E-state index in [4.69, 9.17) is 9.15 Å². The van der Waals surface area contributed by atoms with Crippen LogP contribution in [0.2, 0.25) is 0 Å². The van der Waals surface area contributed by atoms with Gasteiger partial charge < -0.3 is 14.3 Å². The van der Waals surface area contributed by atoms with E-state index in [9.17, 15) is 14.7 Å². The fourth-order valence-electron chi connectivity index (χ4n) is 2.70. The number of rotatable bonds is 6. The van der Waals surface area contributed by atoms with E-state index < -0.39 is 17.1 Å². The van der Waals surface area contributed by atoms with Crippen molar-refractivity contribution in [1.82, 2.24) is 9.55 Å². The number of nitrogens with one attached hydrogen (secondary N) is 1. The number of furan rings is 1. The number of aromatic nitrogens is 2. The molecule has 140 valence electrons. The minimum absolute atomic E-state index is 0.0422. The van der Waals surface area contributed by atoms with E-state index in [-0.39, 0.29) is 12.1 Å². The van der Waals surface area contributed by atoms with Gasteiger partial charge in [0.25, 0.3) is 5.56 Å². The van der Waals surface area contributed by atoms with Gasteiger partial charge in [-0.1, -0.05) is 6.92 Å². The Morgan fingerprint density at radius 3 is 2.59 bits per heavy atom. The molecule has 0 atom stereocenters. The highest BCUT2D eigenvalue weighted by atomic mass is 16.5. The van der Waals surface area contributed by atoms with Crippen LogP contribution >= 0.6 is 0 Å². The molecule has 2 N–H and O–H groups in total. The number of ether oxygens (including phenoxy) is 1. The minimum Gasteiger partial charge on any atom is -0.497 e. The zero-order valence-corrected chi connectivity index (χ0v) is 14.9. The quantitative estimate of drug-likeness (QED) is 0.648. The number of benzene rings is 1. The first-order valence-corrected chi connectivity index (χ1v) is 8.34. The molecule has 3 rings (SSSR count). The summed E-state index contributed by atoms with van der Waals surface area (Å²) in [6, 6.07) is 10.0. The molecule has 0 bridgehead atoms. The van der Waals surface area contributed by atoms with E-state index in [1.165, 1.54) is 13.4 Å². The summed E-state index contributed by atoms with van der Waals surface area (Å²) in [6.07, 6.45) is 1.92. The van der Waals surface area contributed by atoms with Gasteiger partial charge in [0.15, 0.2) is 0 Å². The summed E-state index contributed by atoms with van der Waals surface area (Å²) in [5.74, 6) is 0.763. The number of H-pyrrole nitrogens is 1. The molecule has 0 fully saturated rings. The van der Waals surface area contributed by atoms with Gasteiger partial charge in [-0.2, -0.15) is 0 Å². The lowest BCUT2D eigenvalue weighted by Crippen LogP contribution is -2.33. The number of aromatic hydroxyl groups is 1. The SMILES string of the molecule is CCC(=NCc1ccco1)c1c(O)n(-c2ccc(OC)cc2)c(=O)[nH]c1=O. The predicted molar refractivity (Wildman–Crippen MR) is 100 cm³/mol. The molecule has 8 heteroatoms. The summed E-state index contributed by atoms with van der Waals surface area (Å²) in [7, 11) is 1.53.